The number of ether oxygens (including phenoxy) is 7. The minimum atomic E-state index is -1.74. The van der Waals surface area contributed by atoms with E-state index in [9.17, 15) is 55.9 Å². The molecular formula is C37H60O18. The summed E-state index contributed by atoms with van der Waals surface area (Å²) < 4.78 is 41.4. The lowest BCUT2D eigenvalue weighted by Crippen LogP contribution is -2.63. The SMILES string of the molecule is COC1CC(C=CC(=O)OCC2OC(OC3CC(O)CC4OC(C5CCC(O)CC5)C(OC5OC(CO)C(O)C(O)C5O)CC34)C(O)C(O)C2O)CCC1O. The Morgan fingerprint density at radius 1 is 0.655 bits per heavy atom. The zero-order valence-electron chi connectivity index (χ0n) is 31.0. The third kappa shape index (κ3) is 10.1. The Hall–Kier alpha value is -1.43. The van der Waals surface area contributed by atoms with Crippen LogP contribution in [0.5, 0.6) is 0 Å². The lowest BCUT2D eigenvalue weighted by molar-refractivity contribution is -0.344. The molecule has 0 aromatic carbocycles. The summed E-state index contributed by atoms with van der Waals surface area (Å²) in [5, 5.41) is 105. The van der Waals surface area contributed by atoms with Gasteiger partial charge in [-0.15, -0.1) is 0 Å². The van der Waals surface area contributed by atoms with Crippen molar-refractivity contribution in [2.45, 2.75) is 174 Å². The molecule has 3 heterocycles. The summed E-state index contributed by atoms with van der Waals surface area (Å²) in [4.78, 5) is 12.6. The molecule has 0 aromatic rings. The van der Waals surface area contributed by atoms with Gasteiger partial charge in [0.25, 0.3) is 0 Å². The zero-order chi connectivity index (χ0) is 39.6. The molecule has 19 unspecified atom stereocenters. The molecular weight excluding hydrogens is 732 g/mol. The second-order valence-corrected chi connectivity index (χ2v) is 16.2. The van der Waals surface area contributed by atoms with Gasteiger partial charge in [0, 0.05) is 25.5 Å². The minimum Gasteiger partial charge on any atom is -0.460 e. The Kier molecular flexibility index (Phi) is 15.0. The van der Waals surface area contributed by atoms with Crippen LogP contribution in [-0.4, -0.2) is 188 Å². The zero-order valence-corrected chi connectivity index (χ0v) is 31.0. The molecule has 0 bridgehead atoms. The van der Waals surface area contributed by atoms with Crippen LogP contribution in [-0.2, 0) is 38.0 Å². The maximum atomic E-state index is 12.6. The molecule has 3 aliphatic carbocycles. The molecule has 6 rings (SSSR count). The first-order chi connectivity index (χ1) is 26.3. The van der Waals surface area contributed by atoms with Gasteiger partial charge in [-0.05, 0) is 69.6 Å². The van der Waals surface area contributed by atoms with Gasteiger partial charge in [0.2, 0.25) is 0 Å². The van der Waals surface area contributed by atoms with E-state index < -0.39 is 129 Å². The highest BCUT2D eigenvalue weighted by atomic mass is 16.7. The fraction of sp³-hybridized carbons (Fsp3) is 0.919. The third-order valence-electron chi connectivity index (χ3n) is 12.5. The summed E-state index contributed by atoms with van der Waals surface area (Å²) in [6, 6.07) is 0. The van der Waals surface area contributed by atoms with Crippen LogP contribution in [0.2, 0.25) is 0 Å². The molecule has 3 aliphatic heterocycles. The van der Waals surface area contributed by atoms with E-state index >= 15 is 0 Å². The van der Waals surface area contributed by atoms with Crippen molar-refractivity contribution in [2.24, 2.45) is 17.8 Å². The summed E-state index contributed by atoms with van der Waals surface area (Å²) in [5.74, 6) is -1.31. The number of rotatable bonds is 11. The highest BCUT2D eigenvalue weighted by Crippen LogP contribution is 2.45. The second-order valence-electron chi connectivity index (χ2n) is 16.2. The van der Waals surface area contributed by atoms with Crippen LogP contribution in [0.15, 0.2) is 12.2 Å². The van der Waals surface area contributed by atoms with Crippen molar-refractivity contribution >= 4 is 5.97 Å². The molecule has 6 fully saturated rings. The Labute approximate surface area is 319 Å². The Balaban J connectivity index is 1.13. The largest absolute Gasteiger partial charge is 0.460 e. The second kappa shape index (κ2) is 19.1. The van der Waals surface area contributed by atoms with Crippen LogP contribution in [0.1, 0.15) is 64.2 Å². The fourth-order valence-corrected chi connectivity index (χ4v) is 9.20. The van der Waals surface area contributed by atoms with E-state index in [0.717, 1.165) is 0 Å². The van der Waals surface area contributed by atoms with Crippen molar-refractivity contribution in [3.63, 3.8) is 0 Å². The topological polar surface area (TPSA) is 284 Å². The van der Waals surface area contributed by atoms with Gasteiger partial charge in [-0.3, -0.25) is 0 Å². The van der Waals surface area contributed by atoms with E-state index in [-0.39, 0.29) is 37.2 Å². The molecule has 316 valence electrons. The van der Waals surface area contributed by atoms with Crippen LogP contribution >= 0.6 is 0 Å². The van der Waals surface area contributed by atoms with E-state index in [4.69, 9.17) is 33.2 Å². The molecule has 0 aromatic heterocycles. The maximum absolute atomic E-state index is 12.6. The number of allylic oxidation sites excluding steroid dienone is 1. The number of esters is 1. The van der Waals surface area contributed by atoms with Crippen molar-refractivity contribution in [3.05, 3.63) is 12.2 Å². The van der Waals surface area contributed by atoms with E-state index in [1.54, 1.807) is 6.08 Å². The third-order valence-corrected chi connectivity index (χ3v) is 12.5. The molecule has 6 aliphatic rings. The van der Waals surface area contributed by atoms with Crippen molar-refractivity contribution in [1.82, 2.24) is 0 Å². The average Bonchev–Trinajstić information content (AvgIpc) is 3.17. The molecule has 18 nitrogen and oxygen atoms in total. The van der Waals surface area contributed by atoms with Gasteiger partial charge in [0.15, 0.2) is 12.6 Å². The summed E-state index contributed by atoms with van der Waals surface area (Å²) in [7, 11) is 1.52. The molecule has 18 heteroatoms. The van der Waals surface area contributed by atoms with Gasteiger partial charge in [0.1, 0.15) is 55.4 Å². The number of carbonyl (C=O) groups excluding carboxylic acids is 1. The standard InChI is InChI=1S/C37H60O18/c1-49-24-10-16(2-8-21(24)41)3-9-28(42)50-15-27-30(44)32(46)34(48)36(55-27)52-23-12-19(40)11-22-20(23)13-25(35(51-22)17-4-6-18(39)7-5-17)53-37-33(47)31(45)29(43)26(14-38)54-37/h3,9,16-27,29-41,43-48H,2,4-8,10-15H2,1H3. The predicted molar refractivity (Wildman–Crippen MR) is 184 cm³/mol. The number of aliphatic hydroxyl groups is 10. The van der Waals surface area contributed by atoms with Gasteiger partial charge < -0.3 is 84.2 Å². The number of hydrogen-bond donors (Lipinski definition) is 10. The number of methoxy groups -OCH3 is 1. The first-order valence-corrected chi connectivity index (χ1v) is 19.7. The first-order valence-electron chi connectivity index (χ1n) is 19.7. The van der Waals surface area contributed by atoms with Gasteiger partial charge in [-0.2, -0.15) is 0 Å². The van der Waals surface area contributed by atoms with Crippen LogP contribution < -0.4 is 0 Å². The lowest BCUT2D eigenvalue weighted by Gasteiger charge is -2.52. The highest BCUT2D eigenvalue weighted by Gasteiger charge is 2.54. The monoisotopic (exact) mass is 792 g/mol. The summed E-state index contributed by atoms with van der Waals surface area (Å²) in [6.07, 6.45) is -13.0. The smallest absolute Gasteiger partial charge is 0.330 e. The van der Waals surface area contributed by atoms with Crippen LogP contribution in [0.4, 0.5) is 0 Å². The molecule has 0 radical (unpaired) electrons. The summed E-state index contributed by atoms with van der Waals surface area (Å²) in [5.41, 5.74) is 0. The fourth-order valence-electron chi connectivity index (χ4n) is 9.20. The van der Waals surface area contributed by atoms with E-state index in [1.165, 1.54) is 13.2 Å². The molecule has 3 saturated heterocycles. The number of aliphatic hydroxyl groups excluding tert-OH is 10. The van der Waals surface area contributed by atoms with Crippen molar-refractivity contribution in [2.75, 3.05) is 20.3 Å². The number of fused-ring (bicyclic) bond motifs is 1. The van der Waals surface area contributed by atoms with Crippen LogP contribution in [0.3, 0.4) is 0 Å². The quantitative estimate of drug-likeness (QED) is 0.0743. The molecule has 19 atom stereocenters. The van der Waals surface area contributed by atoms with Crippen molar-refractivity contribution in [1.29, 1.82) is 0 Å². The van der Waals surface area contributed by atoms with Crippen LogP contribution in [0.25, 0.3) is 0 Å². The molecule has 3 saturated carbocycles. The molecule has 55 heavy (non-hydrogen) atoms. The van der Waals surface area contributed by atoms with Crippen LogP contribution in [0, 0.1) is 17.8 Å². The lowest BCUT2D eigenvalue weighted by atomic mass is 9.73. The molecule has 0 spiro atoms. The van der Waals surface area contributed by atoms with E-state index in [1.807, 2.05) is 0 Å². The first kappa shape index (κ1) is 43.2. The minimum absolute atomic E-state index is 0.0151. The summed E-state index contributed by atoms with van der Waals surface area (Å²) in [6.45, 7) is -1.12. The normalized spacial score (nSPS) is 49.7. The predicted octanol–water partition coefficient (Wildman–Crippen LogP) is -2.88. The number of hydrogen-bond acceptors (Lipinski definition) is 18. The highest BCUT2D eigenvalue weighted by molar-refractivity contribution is 5.81. The van der Waals surface area contributed by atoms with Gasteiger partial charge in [-0.25, -0.2) is 4.79 Å². The van der Waals surface area contributed by atoms with Gasteiger partial charge in [0.05, 0.1) is 55.4 Å². The Morgan fingerprint density at radius 3 is 1.95 bits per heavy atom. The van der Waals surface area contributed by atoms with Crippen molar-refractivity contribution in [3.8, 4) is 0 Å². The number of carbonyl (C=O) groups is 1. The van der Waals surface area contributed by atoms with Gasteiger partial charge in [-0.1, -0.05) is 6.08 Å². The maximum Gasteiger partial charge on any atom is 0.330 e. The Bertz CT molecular complexity index is 1250. The van der Waals surface area contributed by atoms with E-state index in [0.29, 0.717) is 44.9 Å². The molecule has 0 amide bonds. The Morgan fingerprint density at radius 2 is 1.29 bits per heavy atom. The van der Waals surface area contributed by atoms with Crippen molar-refractivity contribution < 1.29 is 89.0 Å². The van der Waals surface area contributed by atoms with Gasteiger partial charge >= 0.3 is 5.97 Å². The molecule has 10 N–H and O–H groups in total. The van der Waals surface area contributed by atoms with E-state index in [2.05, 4.69) is 0 Å². The summed E-state index contributed by atoms with van der Waals surface area (Å²) >= 11 is 0. The average molecular weight is 793 g/mol.